The number of hydrogen-bond acceptors (Lipinski definition) is 3. The molecule has 0 saturated heterocycles. The molecule has 0 unspecified atom stereocenters. The van der Waals surface area contributed by atoms with Crippen molar-refractivity contribution in [1.82, 2.24) is 15.1 Å². The Morgan fingerprint density at radius 3 is 2.43 bits per heavy atom. The fraction of sp³-hybridized carbons (Fsp3) is 0.158. The number of aromatic amines is 1. The maximum atomic E-state index is 5.34. The van der Waals surface area contributed by atoms with Gasteiger partial charge < -0.3 is 9.51 Å². The van der Waals surface area contributed by atoms with Crippen LogP contribution in [0.5, 0.6) is 0 Å². The molecule has 4 nitrogen and oxygen atoms in total. The van der Waals surface area contributed by atoms with Gasteiger partial charge in [0.25, 0.3) is 0 Å². The smallest absolute Gasteiger partial charge is 0.141 e. The van der Waals surface area contributed by atoms with Crippen molar-refractivity contribution in [2.24, 2.45) is 0 Å². The standard InChI is InChI=1S/C19H17N3O/c1-11-18(12(2)23-22-11)15-9-16(14-7-5-4-6-8-14)19-17(10-15)20-13(3)21-19/h4-10H,1-3H3,(H,20,21). The predicted octanol–water partition coefficient (Wildman–Crippen LogP) is 4.81. The lowest BCUT2D eigenvalue weighted by Crippen LogP contribution is -1.87. The number of rotatable bonds is 2. The molecular weight excluding hydrogens is 286 g/mol. The van der Waals surface area contributed by atoms with E-state index in [0.29, 0.717) is 0 Å². The molecule has 0 atom stereocenters. The minimum Gasteiger partial charge on any atom is -0.361 e. The van der Waals surface area contributed by atoms with Crippen LogP contribution >= 0.6 is 0 Å². The highest BCUT2D eigenvalue weighted by Crippen LogP contribution is 2.35. The molecule has 0 aliphatic rings. The molecule has 2 aromatic carbocycles. The number of nitrogens with one attached hydrogen (secondary N) is 1. The van der Waals surface area contributed by atoms with Crippen LogP contribution in [0.1, 0.15) is 17.3 Å². The maximum Gasteiger partial charge on any atom is 0.141 e. The van der Waals surface area contributed by atoms with E-state index in [0.717, 1.165) is 50.6 Å². The molecule has 2 aromatic heterocycles. The SMILES string of the molecule is Cc1nc2c(-c3ccccc3)cc(-c3c(C)noc3C)cc2[nH]1. The third-order valence-electron chi connectivity index (χ3n) is 4.11. The zero-order valence-electron chi connectivity index (χ0n) is 13.3. The molecule has 0 aliphatic heterocycles. The van der Waals surface area contributed by atoms with Gasteiger partial charge in [-0.25, -0.2) is 4.98 Å². The highest BCUT2D eigenvalue weighted by atomic mass is 16.5. The van der Waals surface area contributed by atoms with Gasteiger partial charge in [-0.3, -0.25) is 0 Å². The zero-order chi connectivity index (χ0) is 16.0. The summed E-state index contributed by atoms with van der Waals surface area (Å²) in [5.74, 6) is 1.74. The van der Waals surface area contributed by atoms with Crippen molar-refractivity contribution in [2.75, 3.05) is 0 Å². The topological polar surface area (TPSA) is 54.7 Å². The Bertz CT molecular complexity index is 977. The van der Waals surface area contributed by atoms with E-state index in [1.54, 1.807) is 0 Å². The summed E-state index contributed by atoms with van der Waals surface area (Å²) in [7, 11) is 0. The Kier molecular flexibility index (Phi) is 3.05. The molecule has 0 spiro atoms. The monoisotopic (exact) mass is 303 g/mol. The fourth-order valence-electron chi connectivity index (χ4n) is 3.12. The van der Waals surface area contributed by atoms with E-state index in [2.05, 4.69) is 39.4 Å². The number of hydrogen-bond donors (Lipinski definition) is 1. The lowest BCUT2D eigenvalue weighted by molar-refractivity contribution is 0.393. The minimum atomic E-state index is 0.831. The summed E-state index contributed by atoms with van der Waals surface area (Å²) in [5.41, 5.74) is 7.33. The van der Waals surface area contributed by atoms with E-state index in [1.165, 1.54) is 0 Å². The molecule has 4 rings (SSSR count). The summed E-state index contributed by atoms with van der Waals surface area (Å²) in [4.78, 5) is 8.01. The average molecular weight is 303 g/mol. The van der Waals surface area contributed by atoms with E-state index >= 15 is 0 Å². The van der Waals surface area contributed by atoms with E-state index in [4.69, 9.17) is 4.52 Å². The van der Waals surface area contributed by atoms with Gasteiger partial charge in [-0.1, -0.05) is 35.5 Å². The number of H-pyrrole nitrogens is 1. The Balaban J connectivity index is 2.05. The third kappa shape index (κ3) is 2.23. The number of imidazole rings is 1. The van der Waals surface area contributed by atoms with E-state index < -0.39 is 0 Å². The van der Waals surface area contributed by atoms with Crippen molar-refractivity contribution < 1.29 is 4.52 Å². The van der Waals surface area contributed by atoms with Crippen molar-refractivity contribution in [2.45, 2.75) is 20.8 Å². The van der Waals surface area contributed by atoms with Crippen LogP contribution in [0.3, 0.4) is 0 Å². The number of fused-ring (bicyclic) bond motifs is 1. The van der Waals surface area contributed by atoms with Crippen LogP contribution in [-0.4, -0.2) is 15.1 Å². The molecule has 4 heteroatoms. The second-order valence-electron chi connectivity index (χ2n) is 5.81. The first-order valence-corrected chi connectivity index (χ1v) is 7.62. The molecule has 2 heterocycles. The predicted molar refractivity (Wildman–Crippen MR) is 91.2 cm³/mol. The maximum absolute atomic E-state index is 5.34. The average Bonchev–Trinajstić information content (AvgIpc) is 3.08. The highest BCUT2D eigenvalue weighted by molar-refractivity contribution is 5.96. The van der Waals surface area contributed by atoms with Gasteiger partial charge in [-0.15, -0.1) is 0 Å². The van der Waals surface area contributed by atoms with Crippen LogP contribution in [0.15, 0.2) is 47.0 Å². The first-order chi connectivity index (χ1) is 11.1. The van der Waals surface area contributed by atoms with Crippen molar-refractivity contribution in [3.63, 3.8) is 0 Å². The second kappa shape index (κ2) is 5.09. The number of benzene rings is 2. The fourth-order valence-corrected chi connectivity index (χ4v) is 3.12. The summed E-state index contributed by atoms with van der Waals surface area (Å²) in [6.45, 7) is 5.89. The van der Waals surface area contributed by atoms with Crippen molar-refractivity contribution >= 4 is 11.0 Å². The van der Waals surface area contributed by atoms with Crippen molar-refractivity contribution in [1.29, 1.82) is 0 Å². The second-order valence-corrected chi connectivity index (χ2v) is 5.81. The first-order valence-electron chi connectivity index (χ1n) is 7.62. The number of aryl methyl sites for hydroxylation is 3. The van der Waals surface area contributed by atoms with Gasteiger partial charge in [0.2, 0.25) is 0 Å². The van der Waals surface area contributed by atoms with Gasteiger partial charge in [0.1, 0.15) is 11.6 Å². The van der Waals surface area contributed by atoms with Crippen LogP contribution in [0.4, 0.5) is 0 Å². The molecule has 0 radical (unpaired) electrons. The quantitative estimate of drug-likeness (QED) is 0.578. The normalized spacial score (nSPS) is 11.3. The summed E-state index contributed by atoms with van der Waals surface area (Å²) in [5, 5.41) is 4.08. The van der Waals surface area contributed by atoms with Gasteiger partial charge in [0, 0.05) is 11.1 Å². The lowest BCUT2D eigenvalue weighted by atomic mass is 9.97. The van der Waals surface area contributed by atoms with Crippen LogP contribution in [0, 0.1) is 20.8 Å². The van der Waals surface area contributed by atoms with Crippen LogP contribution < -0.4 is 0 Å². The van der Waals surface area contributed by atoms with Crippen LogP contribution in [0.2, 0.25) is 0 Å². The molecule has 4 aromatic rings. The van der Waals surface area contributed by atoms with E-state index in [1.807, 2.05) is 39.0 Å². The Labute approximate surface area is 134 Å². The lowest BCUT2D eigenvalue weighted by Gasteiger charge is -2.07. The highest BCUT2D eigenvalue weighted by Gasteiger charge is 2.16. The Morgan fingerprint density at radius 2 is 1.74 bits per heavy atom. The molecular formula is C19H17N3O. The summed E-state index contributed by atoms with van der Waals surface area (Å²) >= 11 is 0. The molecule has 114 valence electrons. The van der Waals surface area contributed by atoms with Gasteiger partial charge >= 0.3 is 0 Å². The van der Waals surface area contributed by atoms with Gasteiger partial charge in [0.05, 0.1) is 16.7 Å². The molecule has 0 saturated carbocycles. The van der Waals surface area contributed by atoms with E-state index in [9.17, 15) is 0 Å². The molecule has 0 amide bonds. The van der Waals surface area contributed by atoms with Gasteiger partial charge in [0.15, 0.2) is 0 Å². The van der Waals surface area contributed by atoms with E-state index in [-0.39, 0.29) is 0 Å². The zero-order valence-corrected chi connectivity index (χ0v) is 13.3. The summed E-state index contributed by atoms with van der Waals surface area (Å²) < 4.78 is 5.34. The van der Waals surface area contributed by atoms with Crippen LogP contribution in [-0.2, 0) is 0 Å². The number of nitrogens with zero attached hydrogens (tertiary/aromatic N) is 2. The van der Waals surface area contributed by atoms with Gasteiger partial charge in [-0.05, 0) is 44.0 Å². The number of aromatic nitrogens is 3. The molecule has 1 N–H and O–H groups in total. The van der Waals surface area contributed by atoms with Crippen molar-refractivity contribution in [3.05, 3.63) is 59.7 Å². The van der Waals surface area contributed by atoms with Gasteiger partial charge in [-0.2, -0.15) is 0 Å². The summed E-state index contributed by atoms with van der Waals surface area (Å²) in [6, 6.07) is 14.6. The molecule has 0 bridgehead atoms. The third-order valence-corrected chi connectivity index (χ3v) is 4.11. The first kappa shape index (κ1) is 13.8. The largest absolute Gasteiger partial charge is 0.361 e. The molecule has 0 aliphatic carbocycles. The molecule has 23 heavy (non-hydrogen) atoms. The van der Waals surface area contributed by atoms with Crippen LogP contribution in [0.25, 0.3) is 33.3 Å². The Morgan fingerprint density at radius 1 is 0.957 bits per heavy atom. The Hall–Kier alpha value is -2.88. The molecule has 0 fully saturated rings. The summed E-state index contributed by atoms with van der Waals surface area (Å²) in [6.07, 6.45) is 0. The minimum absolute atomic E-state index is 0.831. The van der Waals surface area contributed by atoms with Crippen molar-refractivity contribution in [3.8, 4) is 22.3 Å².